The van der Waals surface area contributed by atoms with Gasteiger partial charge in [0.15, 0.2) is 5.11 Å². The first-order valence-electron chi connectivity index (χ1n) is 5.10. The number of carbonyl (C=O) groups excluding carboxylic acids is 1. The van der Waals surface area contributed by atoms with E-state index in [0.717, 1.165) is 10.4 Å². The Morgan fingerprint density at radius 2 is 2.18 bits per heavy atom. The highest BCUT2D eigenvalue weighted by Gasteiger charge is 2.13. The number of anilines is 1. The smallest absolute Gasteiger partial charge is 0.225 e. The average molecular weight is 267 g/mol. The second-order valence-corrected chi connectivity index (χ2v) is 5.09. The van der Waals surface area contributed by atoms with Crippen molar-refractivity contribution in [2.75, 3.05) is 5.32 Å². The van der Waals surface area contributed by atoms with Crippen LogP contribution in [0.25, 0.3) is 0 Å². The number of rotatable bonds is 2. The van der Waals surface area contributed by atoms with Crippen LogP contribution in [0.2, 0.25) is 0 Å². The lowest BCUT2D eigenvalue weighted by molar-refractivity contribution is -0.119. The van der Waals surface area contributed by atoms with Gasteiger partial charge in [-0.1, -0.05) is 6.92 Å². The molecular weight excluding hydrogens is 254 g/mol. The first-order chi connectivity index (χ1) is 7.99. The van der Waals surface area contributed by atoms with Crippen molar-refractivity contribution in [3.63, 3.8) is 0 Å². The molecule has 4 nitrogen and oxygen atoms in total. The molecule has 0 fully saturated rings. The van der Waals surface area contributed by atoms with Gasteiger partial charge >= 0.3 is 0 Å². The summed E-state index contributed by atoms with van der Waals surface area (Å²) in [5.74, 6) is -0.147. The SMILES string of the molecule is CCC(=O)NC(=S)Nc1sc(C)c(C)c1C#N. The standard InChI is InChI=1S/C11H13N3OS2/c1-4-9(15)13-11(16)14-10-8(5-12)6(2)7(3)17-10/h4H2,1-3H3,(H2,13,14,15,16). The minimum atomic E-state index is -0.147. The third kappa shape index (κ3) is 3.25. The van der Waals surface area contributed by atoms with Gasteiger partial charge in [0.25, 0.3) is 0 Å². The van der Waals surface area contributed by atoms with Crippen LogP contribution in [0.4, 0.5) is 5.00 Å². The molecule has 0 saturated carbocycles. The first kappa shape index (κ1) is 13.6. The van der Waals surface area contributed by atoms with Gasteiger partial charge in [0, 0.05) is 11.3 Å². The van der Waals surface area contributed by atoms with Gasteiger partial charge in [-0.25, -0.2) is 0 Å². The summed E-state index contributed by atoms with van der Waals surface area (Å²) in [6, 6.07) is 2.13. The van der Waals surface area contributed by atoms with E-state index in [-0.39, 0.29) is 11.0 Å². The lowest BCUT2D eigenvalue weighted by atomic mass is 10.2. The molecule has 0 atom stereocenters. The number of nitrogens with zero attached hydrogens (tertiary/aromatic N) is 1. The number of nitriles is 1. The average Bonchev–Trinajstić information content (AvgIpc) is 2.53. The second-order valence-electron chi connectivity index (χ2n) is 3.46. The third-order valence-electron chi connectivity index (χ3n) is 2.30. The zero-order valence-electron chi connectivity index (χ0n) is 9.88. The van der Waals surface area contributed by atoms with Crippen LogP contribution in [-0.4, -0.2) is 11.0 Å². The van der Waals surface area contributed by atoms with Crippen LogP contribution in [0, 0.1) is 25.2 Å². The lowest BCUT2D eigenvalue weighted by Gasteiger charge is -2.06. The molecule has 6 heteroatoms. The Morgan fingerprint density at radius 1 is 1.53 bits per heavy atom. The number of nitrogens with one attached hydrogen (secondary N) is 2. The Morgan fingerprint density at radius 3 is 2.71 bits per heavy atom. The molecule has 0 aliphatic carbocycles. The minimum absolute atomic E-state index is 0.147. The molecule has 0 radical (unpaired) electrons. The van der Waals surface area contributed by atoms with Gasteiger partial charge in [0.05, 0.1) is 5.56 Å². The number of amides is 1. The number of thiophene rings is 1. The Hall–Kier alpha value is -1.45. The molecule has 0 bridgehead atoms. The zero-order valence-corrected chi connectivity index (χ0v) is 11.5. The molecule has 1 amide bonds. The molecule has 1 aromatic rings. The minimum Gasteiger partial charge on any atom is -0.323 e. The first-order valence-corrected chi connectivity index (χ1v) is 6.33. The van der Waals surface area contributed by atoms with E-state index in [1.165, 1.54) is 11.3 Å². The summed E-state index contributed by atoms with van der Waals surface area (Å²) >= 11 is 6.45. The predicted molar refractivity (Wildman–Crippen MR) is 73.2 cm³/mol. The van der Waals surface area contributed by atoms with E-state index < -0.39 is 0 Å². The molecule has 90 valence electrons. The van der Waals surface area contributed by atoms with Gasteiger partial charge in [0.2, 0.25) is 5.91 Å². The van der Waals surface area contributed by atoms with Crippen molar-refractivity contribution in [3.8, 4) is 6.07 Å². The number of hydrogen-bond donors (Lipinski definition) is 2. The van der Waals surface area contributed by atoms with Gasteiger partial charge in [-0.2, -0.15) is 5.26 Å². The summed E-state index contributed by atoms with van der Waals surface area (Å²) in [7, 11) is 0. The summed E-state index contributed by atoms with van der Waals surface area (Å²) in [6.07, 6.45) is 0.370. The fourth-order valence-electron chi connectivity index (χ4n) is 1.20. The van der Waals surface area contributed by atoms with Crippen LogP contribution in [0.3, 0.4) is 0 Å². The number of hydrogen-bond acceptors (Lipinski definition) is 4. The van der Waals surface area contributed by atoms with Crippen molar-refractivity contribution < 1.29 is 4.79 Å². The molecule has 0 unspecified atom stereocenters. The monoisotopic (exact) mass is 267 g/mol. The van der Waals surface area contributed by atoms with Gasteiger partial charge < -0.3 is 10.6 Å². The van der Waals surface area contributed by atoms with Crippen molar-refractivity contribution in [1.29, 1.82) is 5.26 Å². The van der Waals surface area contributed by atoms with Crippen LogP contribution in [0.5, 0.6) is 0 Å². The molecule has 0 aliphatic heterocycles. The summed E-state index contributed by atoms with van der Waals surface area (Å²) in [4.78, 5) is 12.2. The second kappa shape index (κ2) is 5.75. The Labute approximate surface area is 110 Å². The van der Waals surface area contributed by atoms with E-state index in [9.17, 15) is 4.79 Å². The van der Waals surface area contributed by atoms with E-state index >= 15 is 0 Å². The Bertz CT molecular complexity index is 500. The van der Waals surface area contributed by atoms with Crippen molar-refractivity contribution in [1.82, 2.24) is 5.32 Å². The Balaban J connectivity index is 2.83. The molecule has 17 heavy (non-hydrogen) atoms. The van der Waals surface area contributed by atoms with Crippen LogP contribution < -0.4 is 10.6 Å². The topological polar surface area (TPSA) is 64.9 Å². The molecule has 1 rings (SSSR count). The molecule has 2 N–H and O–H groups in total. The maximum Gasteiger partial charge on any atom is 0.225 e. The maximum absolute atomic E-state index is 11.1. The van der Waals surface area contributed by atoms with Crippen molar-refractivity contribution in [2.45, 2.75) is 27.2 Å². The van der Waals surface area contributed by atoms with Gasteiger partial charge in [-0.05, 0) is 31.6 Å². The fourth-order valence-corrected chi connectivity index (χ4v) is 2.49. The van der Waals surface area contributed by atoms with Gasteiger partial charge in [-0.15, -0.1) is 11.3 Å². The Kier molecular flexibility index (Phi) is 4.61. The highest BCUT2D eigenvalue weighted by atomic mass is 32.1. The fraction of sp³-hybridized carbons (Fsp3) is 0.364. The van der Waals surface area contributed by atoms with Crippen LogP contribution >= 0.6 is 23.6 Å². The highest BCUT2D eigenvalue weighted by molar-refractivity contribution is 7.80. The normalized spacial score (nSPS) is 9.53. The zero-order chi connectivity index (χ0) is 13.0. The summed E-state index contributed by atoms with van der Waals surface area (Å²) in [6.45, 7) is 5.58. The van der Waals surface area contributed by atoms with E-state index in [1.54, 1.807) is 6.92 Å². The van der Waals surface area contributed by atoms with E-state index in [4.69, 9.17) is 17.5 Å². The number of aryl methyl sites for hydroxylation is 1. The predicted octanol–water partition coefficient (Wildman–Crippen LogP) is 2.46. The van der Waals surface area contributed by atoms with E-state index in [0.29, 0.717) is 17.0 Å². The number of thiocarbonyl (C=S) groups is 1. The van der Waals surface area contributed by atoms with Crippen LogP contribution in [-0.2, 0) is 4.79 Å². The summed E-state index contributed by atoms with van der Waals surface area (Å²) < 4.78 is 0. The lowest BCUT2D eigenvalue weighted by Crippen LogP contribution is -2.33. The van der Waals surface area contributed by atoms with E-state index in [1.807, 2.05) is 13.8 Å². The molecular formula is C11H13N3OS2. The van der Waals surface area contributed by atoms with Crippen LogP contribution in [0.1, 0.15) is 29.3 Å². The molecule has 1 aromatic heterocycles. The molecule has 0 aliphatic rings. The summed E-state index contributed by atoms with van der Waals surface area (Å²) in [5, 5.41) is 15.4. The third-order valence-corrected chi connectivity index (χ3v) is 3.63. The molecule has 0 spiro atoms. The van der Waals surface area contributed by atoms with Gasteiger partial charge in [-0.3, -0.25) is 4.79 Å². The van der Waals surface area contributed by atoms with Crippen molar-refractivity contribution in [3.05, 3.63) is 16.0 Å². The molecule has 0 saturated heterocycles. The van der Waals surface area contributed by atoms with E-state index in [2.05, 4.69) is 16.7 Å². The maximum atomic E-state index is 11.1. The van der Waals surface area contributed by atoms with Crippen molar-refractivity contribution in [2.24, 2.45) is 0 Å². The van der Waals surface area contributed by atoms with Crippen molar-refractivity contribution >= 4 is 39.6 Å². The van der Waals surface area contributed by atoms with Crippen LogP contribution in [0.15, 0.2) is 0 Å². The molecule has 0 aromatic carbocycles. The summed E-state index contributed by atoms with van der Waals surface area (Å²) in [5.41, 5.74) is 1.53. The quantitative estimate of drug-likeness (QED) is 0.808. The largest absolute Gasteiger partial charge is 0.323 e. The van der Waals surface area contributed by atoms with Gasteiger partial charge in [0.1, 0.15) is 11.1 Å². The number of carbonyl (C=O) groups is 1. The molecule has 1 heterocycles. The highest BCUT2D eigenvalue weighted by Crippen LogP contribution is 2.31.